The maximum Gasteiger partial charge on any atom is 0.220 e. The first kappa shape index (κ1) is 89.7. The second-order valence-electron chi connectivity index (χ2n) is 27.5. The molecule has 0 bridgehead atoms. The minimum absolute atomic E-state index is 0.239. The SMILES string of the molecule is CC/C=C\C/C=C\C/C=C\C/C=C\C/C=C\C/C=C\C/C=C\C/C=C\C/C=C\CCCCCC(=O)NC(COC1OC(CO)C(OC2OC(CO)C(O)C(O)C2O)C(O)C1O)C(O)CCCCCCCCCCCCCCCCCCCCCCCCCCCCCCCCCC. The number of hydrogen-bond donors (Lipinski definition) is 9. The molecular formula is C83H145NO13. The van der Waals surface area contributed by atoms with E-state index >= 15 is 0 Å². The van der Waals surface area contributed by atoms with E-state index in [0.717, 1.165) is 103 Å². The highest BCUT2D eigenvalue weighted by Gasteiger charge is 2.51. The number of amides is 1. The van der Waals surface area contributed by atoms with Crippen molar-refractivity contribution in [2.24, 2.45) is 0 Å². The van der Waals surface area contributed by atoms with Gasteiger partial charge in [-0.3, -0.25) is 4.79 Å². The first-order valence-corrected chi connectivity index (χ1v) is 39.6. The van der Waals surface area contributed by atoms with Gasteiger partial charge in [-0.25, -0.2) is 0 Å². The molecule has 1 amide bonds. The van der Waals surface area contributed by atoms with E-state index in [9.17, 15) is 45.6 Å². The van der Waals surface area contributed by atoms with Crippen LogP contribution in [0.1, 0.15) is 316 Å². The number of nitrogens with one attached hydrogen (secondary N) is 1. The lowest BCUT2D eigenvalue weighted by Gasteiger charge is -2.46. The van der Waals surface area contributed by atoms with Crippen molar-refractivity contribution in [3.8, 4) is 0 Å². The minimum atomic E-state index is -1.79. The molecule has 0 aromatic carbocycles. The average Bonchev–Trinajstić information content (AvgIpc) is 0.794. The number of allylic oxidation sites excluding steroid dienone is 18. The van der Waals surface area contributed by atoms with Crippen LogP contribution in [0.4, 0.5) is 0 Å². The molecule has 560 valence electrons. The molecule has 97 heavy (non-hydrogen) atoms. The largest absolute Gasteiger partial charge is 0.394 e. The fraction of sp³-hybridized carbons (Fsp3) is 0.771. The smallest absolute Gasteiger partial charge is 0.220 e. The van der Waals surface area contributed by atoms with Gasteiger partial charge in [0.15, 0.2) is 12.6 Å². The molecule has 2 aliphatic heterocycles. The molecule has 0 radical (unpaired) electrons. The summed E-state index contributed by atoms with van der Waals surface area (Å²) in [6.07, 6.45) is 78.4. The summed E-state index contributed by atoms with van der Waals surface area (Å²) in [7, 11) is 0. The lowest BCUT2D eigenvalue weighted by molar-refractivity contribution is -0.359. The number of ether oxygens (including phenoxy) is 4. The van der Waals surface area contributed by atoms with E-state index in [1.807, 2.05) is 0 Å². The number of aliphatic hydroxyl groups is 8. The molecule has 9 N–H and O–H groups in total. The Morgan fingerprint density at radius 3 is 1.08 bits per heavy atom. The Labute approximate surface area is 591 Å². The van der Waals surface area contributed by atoms with Crippen molar-refractivity contribution in [3.05, 3.63) is 109 Å². The predicted molar refractivity (Wildman–Crippen MR) is 401 cm³/mol. The van der Waals surface area contributed by atoms with Crippen LogP contribution in [0.3, 0.4) is 0 Å². The molecule has 0 saturated carbocycles. The Kier molecular flexibility index (Phi) is 61.0. The number of rotatable bonds is 65. The van der Waals surface area contributed by atoms with Gasteiger partial charge in [0, 0.05) is 6.42 Å². The Hall–Kier alpha value is -3.35. The van der Waals surface area contributed by atoms with Crippen LogP contribution in [0.25, 0.3) is 0 Å². The Bertz CT molecular complexity index is 2050. The molecule has 12 atom stereocenters. The minimum Gasteiger partial charge on any atom is -0.394 e. The van der Waals surface area contributed by atoms with E-state index in [1.54, 1.807) is 0 Å². The fourth-order valence-electron chi connectivity index (χ4n) is 12.5. The van der Waals surface area contributed by atoms with Crippen LogP contribution in [0.2, 0.25) is 0 Å². The van der Waals surface area contributed by atoms with Crippen molar-refractivity contribution in [1.82, 2.24) is 5.32 Å². The first-order valence-electron chi connectivity index (χ1n) is 39.6. The van der Waals surface area contributed by atoms with Gasteiger partial charge in [0.05, 0.1) is 32.0 Å². The van der Waals surface area contributed by atoms with Gasteiger partial charge in [-0.1, -0.05) is 335 Å². The maximum absolute atomic E-state index is 13.4. The molecule has 14 heteroatoms. The molecule has 2 saturated heterocycles. The van der Waals surface area contributed by atoms with E-state index in [4.69, 9.17) is 18.9 Å². The zero-order valence-electron chi connectivity index (χ0n) is 61.3. The molecule has 0 aromatic rings. The van der Waals surface area contributed by atoms with Gasteiger partial charge in [-0.05, 0) is 83.5 Å². The van der Waals surface area contributed by atoms with Crippen LogP contribution in [-0.4, -0.2) is 140 Å². The summed E-state index contributed by atoms with van der Waals surface area (Å²) in [6, 6.07) is -0.858. The third-order valence-electron chi connectivity index (χ3n) is 18.8. The second-order valence-corrected chi connectivity index (χ2v) is 27.5. The van der Waals surface area contributed by atoms with Crippen LogP contribution in [0, 0.1) is 0 Å². The Morgan fingerprint density at radius 1 is 0.381 bits per heavy atom. The standard InChI is InChI=1S/C83H145NO13/c1-3-5-7-9-11-13-15-17-19-21-23-25-27-29-31-33-35-37-38-40-42-44-46-48-50-52-54-56-58-60-62-64-66-72(87)71(70-94-82-80(93)78(91)81(74(69-86)96-82)97-83-79(92)77(90)76(89)73(68-85)95-83)84-75(88)67-65-63-61-59-57-55-53-51-49-47-45-43-41-39-36-34-32-30-28-26-24-22-20-18-16-14-12-10-8-6-4-2/h6,8,12,14,18,20,24,26,30,32,36,39,43,45,49,51,55,57,71-74,76-83,85-87,89-93H,3-5,7,9-11,13,15-17,19,21-23,25,27-29,31,33-35,37-38,40-42,44,46-48,50,52-54,56,58-70H2,1-2H3,(H,84,88)/b8-6-,14-12-,20-18-,26-24-,32-30-,39-36-,45-43-,51-49-,57-55-. The highest BCUT2D eigenvalue weighted by Crippen LogP contribution is 2.30. The van der Waals surface area contributed by atoms with Crippen molar-refractivity contribution in [2.45, 2.75) is 389 Å². The van der Waals surface area contributed by atoms with Gasteiger partial charge < -0.3 is 65.1 Å². The summed E-state index contributed by atoms with van der Waals surface area (Å²) < 4.78 is 22.9. The quantitative estimate of drug-likeness (QED) is 0.0204. The summed E-state index contributed by atoms with van der Waals surface area (Å²) in [5.74, 6) is -0.239. The summed E-state index contributed by atoms with van der Waals surface area (Å²) in [5, 5.41) is 87.8. The zero-order valence-corrected chi connectivity index (χ0v) is 61.3. The predicted octanol–water partition coefficient (Wildman–Crippen LogP) is 17.9. The topological polar surface area (TPSA) is 228 Å². The molecule has 0 aliphatic carbocycles. The third-order valence-corrected chi connectivity index (χ3v) is 18.8. The van der Waals surface area contributed by atoms with Crippen LogP contribution in [-0.2, 0) is 23.7 Å². The molecule has 14 nitrogen and oxygen atoms in total. The lowest BCUT2D eigenvalue weighted by Crippen LogP contribution is -2.65. The van der Waals surface area contributed by atoms with Crippen LogP contribution in [0.5, 0.6) is 0 Å². The number of carbonyl (C=O) groups is 1. The van der Waals surface area contributed by atoms with Crippen LogP contribution >= 0.6 is 0 Å². The van der Waals surface area contributed by atoms with Crippen LogP contribution in [0.15, 0.2) is 109 Å². The lowest BCUT2D eigenvalue weighted by atomic mass is 9.97. The first-order chi connectivity index (χ1) is 47.6. The molecule has 2 heterocycles. The Morgan fingerprint density at radius 2 is 0.711 bits per heavy atom. The van der Waals surface area contributed by atoms with E-state index < -0.39 is 86.8 Å². The van der Waals surface area contributed by atoms with Gasteiger partial charge >= 0.3 is 0 Å². The summed E-state index contributed by atoms with van der Waals surface area (Å²) in [6.45, 7) is 2.76. The van der Waals surface area contributed by atoms with Gasteiger partial charge in [-0.15, -0.1) is 0 Å². The number of hydrogen-bond acceptors (Lipinski definition) is 13. The molecular weight excluding hydrogens is 1220 g/mol. The summed E-state index contributed by atoms with van der Waals surface area (Å²) >= 11 is 0. The van der Waals surface area contributed by atoms with Crippen LogP contribution < -0.4 is 5.32 Å². The van der Waals surface area contributed by atoms with Crippen molar-refractivity contribution < 1.29 is 64.6 Å². The summed E-state index contributed by atoms with van der Waals surface area (Å²) in [5.41, 5.74) is 0. The van der Waals surface area contributed by atoms with E-state index in [-0.39, 0.29) is 18.9 Å². The maximum atomic E-state index is 13.4. The Balaban J connectivity index is 1.65. The van der Waals surface area contributed by atoms with Gasteiger partial charge in [0.25, 0.3) is 0 Å². The highest BCUT2D eigenvalue weighted by molar-refractivity contribution is 5.76. The number of aliphatic hydroxyl groups excluding tert-OH is 8. The molecule has 2 fully saturated rings. The van der Waals surface area contributed by atoms with E-state index in [1.165, 1.54) is 180 Å². The molecule has 2 aliphatic rings. The summed E-state index contributed by atoms with van der Waals surface area (Å²) in [4.78, 5) is 13.4. The number of unbranched alkanes of at least 4 members (excludes halogenated alkanes) is 34. The van der Waals surface area contributed by atoms with Crippen molar-refractivity contribution in [3.63, 3.8) is 0 Å². The van der Waals surface area contributed by atoms with Crippen molar-refractivity contribution in [1.29, 1.82) is 0 Å². The number of carbonyl (C=O) groups excluding carboxylic acids is 1. The highest BCUT2D eigenvalue weighted by atomic mass is 16.7. The molecule has 2 rings (SSSR count). The fourth-order valence-corrected chi connectivity index (χ4v) is 12.5. The molecule has 0 aromatic heterocycles. The zero-order chi connectivity index (χ0) is 70.1. The van der Waals surface area contributed by atoms with Gasteiger partial charge in [-0.2, -0.15) is 0 Å². The monoisotopic (exact) mass is 1360 g/mol. The third kappa shape index (κ3) is 49.0. The second kappa shape index (κ2) is 65.9. The van der Waals surface area contributed by atoms with Gasteiger partial charge in [0.2, 0.25) is 5.91 Å². The van der Waals surface area contributed by atoms with E-state index in [2.05, 4.69) is 129 Å². The van der Waals surface area contributed by atoms with Crippen molar-refractivity contribution >= 4 is 5.91 Å². The van der Waals surface area contributed by atoms with Crippen molar-refractivity contribution in [2.75, 3.05) is 19.8 Å². The molecule has 0 spiro atoms. The normalized spacial score (nSPS) is 22.7. The average molecular weight is 1370 g/mol. The molecule has 12 unspecified atom stereocenters. The van der Waals surface area contributed by atoms with E-state index in [0.29, 0.717) is 12.8 Å². The van der Waals surface area contributed by atoms with Gasteiger partial charge in [0.1, 0.15) is 48.8 Å².